The fraction of sp³-hybridized carbons (Fsp3) is 0.148. The predicted octanol–water partition coefficient (Wildman–Crippen LogP) is 2.40. The summed E-state index contributed by atoms with van der Waals surface area (Å²) in [5.74, 6) is 0.305. The van der Waals surface area contributed by atoms with E-state index in [0.717, 1.165) is 6.42 Å². The van der Waals surface area contributed by atoms with Crippen molar-refractivity contribution in [3.05, 3.63) is 137 Å². The van der Waals surface area contributed by atoms with Crippen LogP contribution in [0.15, 0.2) is 109 Å². The Morgan fingerprint density at radius 3 is 1.83 bits per heavy atom. The second kappa shape index (κ2) is 6.86. The SMILES string of the molecule is [Cl-].c1ccc(C2(c3ccccc3)C[C@@H]3c4ccccc4[C@H]2c2cccc[n+]23)cc1. The van der Waals surface area contributed by atoms with Crippen molar-refractivity contribution in [2.45, 2.75) is 23.8 Å². The van der Waals surface area contributed by atoms with Crippen molar-refractivity contribution in [1.29, 1.82) is 0 Å². The maximum Gasteiger partial charge on any atom is 0.190 e. The van der Waals surface area contributed by atoms with Crippen LogP contribution in [0, 0.1) is 0 Å². The second-order valence-electron chi connectivity index (χ2n) is 8.02. The lowest BCUT2D eigenvalue weighted by Gasteiger charge is -2.50. The van der Waals surface area contributed by atoms with Crippen molar-refractivity contribution in [3.8, 4) is 0 Å². The lowest BCUT2D eigenvalue weighted by atomic mass is 9.53. The number of halogens is 1. The average Bonchev–Trinajstić information content (AvgIpc) is 2.80. The monoisotopic (exact) mass is 395 g/mol. The Balaban J connectivity index is 0.00000181. The van der Waals surface area contributed by atoms with E-state index in [9.17, 15) is 0 Å². The van der Waals surface area contributed by atoms with Crippen LogP contribution in [0.25, 0.3) is 0 Å². The highest BCUT2D eigenvalue weighted by molar-refractivity contribution is 5.54. The van der Waals surface area contributed by atoms with Gasteiger partial charge in [0.1, 0.15) is 0 Å². The molecule has 1 nitrogen and oxygen atoms in total. The molecule has 4 aromatic rings. The maximum atomic E-state index is 2.51. The summed E-state index contributed by atoms with van der Waals surface area (Å²) >= 11 is 0. The van der Waals surface area contributed by atoms with Gasteiger partial charge in [-0.2, -0.15) is 4.57 Å². The Hall–Kier alpha value is -2.90. The number of hydrogen-bond acceptors (Lipinski definition) is 0. The van der Waals surface area contributed by atoms with Gasteiger partial charge in [-0.1, -0.05) is 91.0 Å². The van der Waals surface area contributed by atoms with E-state index in [-0.39, 0.29) is 17.8 Å². The van der Waals surface area contributed by atoms with E-state index < -0.39 is 0 Å². The molecule has 0 amide bonds. The van der Waals surface area contributed by atoms with Crippen molar-refractivity contribution in [1.82, 2.24) is 0 Å². The lowest BCUT2D eigenvalue weighted by molar-refractivity contribution is -0.732. The number of hydrogen-bond donors (Lipinski definition) is 0. The van der Waals surface area contributed by atoms with Gasteiger partial charge in [0.2, 0.25) is 0 Å². The number of aromatic nitrogens is 1. The van der Waals surface area contributed by atoms with E-state index in [0.29, 0.717) is 12.0 Å². The summed E-state index contributed by atoms with van der Waals surface area (Å²) in [6.45, 7) is 0. The van der Waals surface area contributed by atoms with Crippen LogP contribution in [0.1, 0.15) is 46.3 Å². The number of rotatable bonds is 2. The second-order valence-corrected chi connectivity index (χ2v) is 8.02. The van der Waals surface area contributed by atoms with E-state index in [2.05, 4.69) is 114 Å². The normalized spacial score (nSPS) is 20.3. The number of nitrogens with zero attached hydrogens (tertiary/aromatic N) is 1. The summed E-state index contributed by atoms with van der Waals surface area (Å²) in [5, 5.41) is 0. The van der Waals surface area contributed by atoms with Crippen LogP contribution >= 0.6 is 0 Å². The smallest absolute Gasteiger partial charge is 0.190 e. The van der Waals surface area contributed by atoms with E-state index >= 15 is 0 Å². The number of benzene rings is 3. The molecule has 2 aliphatic heterocycles. The molecule has 0 saturated carbocycles. The molecule has 3 aromatic carbocycles. The van der Waals surface area contributed by atoms with Gasteiger partial charge < -0.3 is 12.4 Å². The Bertz CT molecular complexity index is 1070. The standard InChI is InChI=1S/C27H22N.ClH/c1-3-11-20(12-4-1)27(21-13-5-2-6-14-21)19-25-22-15-7-8-16-23(22)26(27)24-17-9-10-18-28(24)25;/h1-18,25-26H,19H2;1H/q+1;/p-1/t25-,26+;/m1./s1. The molecule has 29 heavy (non-hydrogen) atoms. The van der Waals surface area contributed by atoms with Gasteiger partial charge in [0.25, 0.3) is 0 Å². The summed E-state index contributed by atoms with van der Waals surface area (Å²) < 4.78 is 2.51. The Kier molecular flexibility index (Phi) is 4.29. The molecule has 0 saturated heterocycles. The minimum Gasteiger partial charge on any atom is -1.00 e. The third kappa shape index (κ3) is 2.44. The molecule has 2 bridgehead atoms. The van der Waals surface area contributed by atoms with Crippen LogP contribution < -0.4 is 17.0 Å². The third-order valence-electron chi connectivity index (χ3n) is 6.81. The van der Waals surface area contributed by atoms with Gasteiger partial charge in [-0.3, -0.25) is 0 Å². The largest absolute Gasteiger partial charge is 1.00 e. The zero-order valence-corrected chi connectivity index (χ0v) is 16.8. The molecule has 0 N–H and O–H groups in total. The number of fused-ring (bicyclic) bond motifs is 1. The average molecular weight is 396 g/mol. The van der Waals surface area contributed by atoms with Gasteiger partial charge in [0.15, 0.2) is 17.9 Å². The fourth-order valence-corrected chi connectivity index (χ4v) is 5.74. The Labute approximate surface area is 178 Å². The molecule has 1 aromatic heterocycles. The Morgan fingerprint density at radius 1 is 0.621 bits per heavy atom. The Morgan fingerprint density at radius 2 is 1.17 bits per heavy atom. The highest BCUT2D eigenvalue weighted by atomic mass is 35.5. The molecular weight excluding hydrogens is 374 g/mol. The van der Waals surface area contributed by atoms with Crippen LogP contribution in [0.5, 0.6) is 0 Å². The first-order valence-electron chi connectivity index (χ1n) is 10.1. The highest BCUT2D eigenvalue weighted by Gasteiger charge is 2.58. The zero-order valence-electron chi connectivity index (χ0n) is 16.1. The van der Waals surface area contributed by atoms with Gasteiger partial charge in [-0.15, -0.1) is 0 Å². The molecule has 2 heteroatoms. The van der Waals surface area contributed by atoms with Crippen LogP contribution in [0.3, 0.4) is 0 Å². The van der Waals surface area contributed by atoms with Gasteiger partial charge >= 0.3 is 0 Å². The van der Waals surface area contributed by atoms with Crippen LogP contribution in [-0.2, 0) is 5.41 Å². The summed E-state index contributed by atoms with van der Waals surface area (Å²) in [4.78, 5) is 0. The fourth-order valence-electron chi connectivity index (χ4n) is 5.74. The minimum absolute atomic E-state index is 0. The maximum absolute atomic E-state index is 2.51. The molecule has 142 valence electrons. The quantitative estimate of drug-likeness (QED) is 0.459. The minimum atomic E-state index is -0.0527. The van der Waals surface area contributed by atoms with E-state index in [1.165, 1.54) is 27.9 Å². The first kappa shape index (κ1) is 18.1. The molecule has 0 spiro atoms. The van der Waals surface area contributed by atoms with Crippen LogP contribution in [0.4, 0.5) is 0 Å². The van der Waals surface area contributed by atoms with Gasteiger partial charge in [0.05, 0.1) is 5.92 Å². The molecule has 3 aliphatic rings. The van der Waals surface area contributed by atoms with Crippen molar-refractivity contribution in [2.75, 3.05) is 0 Å². The molecule has 7 rings (SSSR count). The highest BCUT2D eigenvalue weighted by Crippen LogP contribution is 2.59. The molecular formula is C27H22ClN. The van der Waals surface area contributed by atoms with Crippen LogP contribution in [0.2, 0.25) is 0 Å². The molecule has 0 unspecified atom stereocenters. The van der Waals surface area contributed by atoms with Crippen LogP contribution in [-0.4, -0.2) is 0 Å². The van der Waals surface area contributed by atoms with Crippen molar-refractivity contribution in [2.24, 2.45) is 0 Å². The van der Waals surface area contributed by atoms with E-state index in [4.69, 9.17) is 0 Å². The van der Waals surface area contributed by atoms with Crippen molar-refractivity contribution >= 4 is 0 Å². The van der Waals surface area contributed by atoms with Gasteiger partial charge in [-0.25, -0.2) is 0 Å². The summed E-state index contributed by atoms with van der Waals surface area (Å²) in [6, 6.07) is 38.4. The first-order valence-corrected chi connectivity index (χ1v) is 10.1. The van der Waals surface area contributed by atoms with Crippen molar-refractivity contribution in [3.63, 3.8) is 0 Å². The lowest BCUT2D eigenvalue weighted by Crippen LogP contribution is -3.00. The van der Waals surface area contributed by atoms with Gasteiger partial charge in [0, 0.05) is 29.5 Å². The summed E-state index contributed by atoms with van der Waals surface area (Å²) in [7, 11) is 0. The predicted molar refractivity (Wildman–Crippen MR) is 111 cm³/mol. The topological polar surface area (TPSA) is 3.88 Å². The summed E-state index contributed by atoms with van der Waals surface area (Å²) in [6.07, 6.45) is 3.35. The molecule has 3 heterocycles. The summed E-state index contributed by atoms with van der Waals surface area (Å²) in [5.41, 5.74) is 7.17. The molecule has 0 fully saturated rings. The molecule has 0 radical (unpaired) electrons. The van der Waals surface area contributed by atoms with Crippen molar-refractivity contribution < 1.29 is 17.0 Å². The first-order chi connectivity index (χ1) is 13.9. The number of pyridine rings is 1. The zero-order chi connectivity index (χ0) is 18.6. The molecule has 2 atom stereocenters. The van der Waals surface area contributed by atoms with E-state index in [1.54, 1.807) is 0 Å². The third-order valence-corrected chi connectivity index (χ3v) is 6.81. The van der Waals surface area contributed by atoms with E-state index in [1.807, 2.05) is 0 Å². The van der Waals surface area contributed by atoms with Gasteiger partial charge in [-0.05, 0) is 16.7 Å². The molecule has 1 aliphatic carbocycles.